The molecule has 1 aliphatic heterocycles. The molecule has 1 amide bonds. The van der Waals surface area contributed by atoms with Crippen LogP contribution >= 0.6 is 0 Å². The van der Waals surface area contributed by atoms with Gasteiger partial charge in [0.25, 0.3) is 0 Å². The number of halogens is 3. The molecule has 3 atom stereocenters. The van der Waals surface area contributed by atoms with Crippen LogP contribution in [0.25, 0.3) is 0 Å². The van der Waals surface area contributed by atoms with Crippen LogP contribution in [0, 0.1) is 17.5 Å². The molecule has 4 rings (SSSR count). The lowest BCUT2D eigenvalue weighted by Gasteiger charge is -2.28. The Morgan fingerprint density at radius 3 is 2.22 bits per heavy atom. The molecule has 0 bridgehead atoms. The summed E-state index contributed by atoms with van der Waals surface area (Å²) in [5.41, 5.74) is 1.56. The number of carbonyl (C=O) groups is 2. The van der Waals surface area contributed by atoms with E-state index in [0.29, 0.717) is 11.8 Å². The van der Waals surface area contributed by atoms with Gasteiger partial charge < -0.3 is 9.64 Å². The second-order valence-electron chi connectivity index (χ2n) is 7.60. The third-order valence-electron chi connectivity index (χ3n) is 5.56. The molecular formula is C25H20F3NO3. The number of ether oxygens (including phenoxy) is 1. The number of rotatable bonds is 6. The SMILES string of the molecule is O=CC1OC[C@H](c2ccccc2)N1C(=O)C[C@@H](c1ccc(F)cc1)c1cc(F)cc(F)c1. The van der Waals surface area contributed by atoms with Gasteiger partial charge in [-0.1, -0.05) is 42.5 Å². The zero-order valence-electron chi connectivity index (χ0n) is 17.0. The molecule has 1 unspecified atom stereocenters. The summed E-state index contributed by atoms with van der Waals surface area (Å²) < 4.78 is 46.9. The van der Waals surface area contributed by atoms with E-state index >= 15 is 0 Å². The molecule has 3 aromatic rings. The summed E-state index contributed by atoms with van der Waals surface area (Å²) in [5, 5.41) is 0. The quantitative estimate of drug-likeness (QED) is 0.521. The molecule has 1 saturated heterocycles. The van der Waals surface area contributed by atoms with Crippen molar-refractivity contribution in [1.29, 1.82) is 0 Å². The van der Waals surface area contributed by atoms with Crippen molar-refractivity contribution in [2.24, 2.45) is 0 Å². The molecule has 0 spiro atoms. The standard InChI is InChI=1S/C25H20F3NO3/c26-19-8-6-16(7-9-19)22(18-10-20(27)12-21(28)11-18)13-24(31)29-23(15-32-25(29)14-30)17-4-2-1-3-5-17/h1-12,14,22-23,25H,13,15H2/t22-,23+,25?/m0/s1. The Morgan fingerprint density at radius 2 is 1.59 bits per heavy atom. The van der Waals surface area contributed by atoms with Gasteiger partial charge in [0, 0.05) is 18.4 Å². The number of aldehydes is 1. The zero-order valence-corrected chi connectivity index (χ0v) is 17.0. The minimum absolute atomic E-state index is 0.148. The largest absolute Gasteiger partial charge is 0.349 e. The highest BCUT2D eigenvalue weighted by atomic mass is 19.1. The summed E-state index contributed by atoms with van der Waals surface area (Å²) >= 11 is 0. The summed E-state index contributed by atoms with van der Waals surface area (Å²) in [6.45, 7) is 0.148. The first-order valence-electron chi connectivity index (χ1n) is 10.1. The van der Waals surface area contributed by atoms with Gasteiger partial charge in [-0.25, -0.2) is 13.2 Å². The van der Waals surface area contributed by atoms with E-state index in [2.05, 4.69) is 0 Å². The molecular weight excluding hydrogens is 419 g/mol. The fraction of sp³-hybridized carbons (Fsp3) is 0.200. The number of hydrogen-bond donors (Lipinski definition) is 0. The van der Waals surface area contributed by atoms with Gasteiger partial charge in [-0.05, 0) is 41.0 Å². The Morgan fingerprint density at radius 1 is 0.938 bits per heavy atom. The molecule has 164 valence electrons. The number of carbonyl (C=O) groups excluding carboxylic acids is 2. The first kappa shape index (κ1) is 21.8. The van der Waals surface area contributed by atoms with Gasteiger partial charge in [0.1, 0.15) is 17.5 Å². The summed E-state index contributed by atoms with van der Waals surface area (Å²) in [6, 6.07) is 17.1. The minimum Gasteiger partial charge on any atom is -0.349 e. The number of benzene rings is 3. The Hall–Kier alpha value is -3.45. The second-order valence-corrected chi connectivity index (χ2v) is 7.60. The fourth-order valence-corrected chi connectivity index (χ4v) is 4.06. The molecule has 4 nitrogen and oxygen atoms in total. The summed E-state index contributed by atoms with van der Waals surface area (Å²) in [6.07, 6.45) is -0.702. The van der Waals surface area contributed by atoms with Crippen LogP contribution in [0.2, 0.25) is 0 Å². The smallest absolute Gasteiger partial charge is 0.226 e. The average molecular weight is 439 g/mol. The summed E-state index contributed by atoms with van der Waals surface area (Å²) in [5.74, 6) is -3.21. The van der Waals surface area contributed by atoms with E-state index in [1.54, 1.807) is 0 Å². The van der Waals surface area contributed by atoms with E-state index in [1.807, 2.05) is 30.3 Å². The van der Waals surface area contributed by atoms with Crippen molar-refractivity contribution in [3.05, 3.63) is 107 Å². The van der Waals surface area contributed by atoms with Crippen molar-refractivity contribution in [2.75, 3.05) is 6.61 Å². The maximum absolute atomic E-state index is 13.9. The van der Waals surface area contributed by atoms with Crippen LogP contribution in [0.1, 0.15) is 35.1 Å². The van der Waals surface area contributed by atoms with E-state index in [1.165, 1.54) is 29.2 Å². The molecule has 0 aromatic heterocycles. The third kappa shape index (κ3) is 4.57. The van der Waals surface area contributed by atoms with Gasteiger partial charge in [-0.15, -0.1) is 0 Å². The molecule has 0 saturated carbocycles. The van der Waals surface area contributed by atoms with Crippen LogP contribution in [-0.4, -0.2) is 29.9 Å². The van der Waals surface area contributed by atoms with E-state index in [-0.39, 0.29) is 18.6 Å². The van der Waals surface area contributed by atoms with Gasteiger partial charge >= 0.3 is 0 Å². The number of amides is 1. The molecule has 1 fully saturated rings. The predicted octanol–water partition coefficient (Wildman–Crippen LogP) is 4.75. The van der Waals surface area contributed by atoms with Gasteiger partial charge in [0.05, 0.1) is 12.6 Å². The number of hydrogen-bond acceptors (Lipinski definition) is 3. The van der Waals surface area contributed by atoms with Crippen LogP contribution in [-0.2, 0) is 14.3 Å². The van der Waals surface area contributed by atoms with Crippen molar-refractivity contribution in [3.63, 3.8) is 0 Å². The zero-order chi connectivity index (χ0) is 22.7. The second kappa shape index (κ2) is 9.36. The van der Waals surface area contributed by atoms with Gasteiger partial charge in [-0.3, -0.25) is 9.59 Å². The highest BCUT2D eigenvalue weighted by Crippen LogP contribution is 2.35. The maximum atomic E-state index is 13.9. The third-order valence-corrected chi connectivity index (χ3v) is 5.56. The highest BCUT2D eigenvalue weighted by molar-refractivity contribution is 5.81. The normalized spacial score (nSPS) is 19.0. The maximum Gasteiger partial charge on any atom is 0.226 e. The Balaban J connectivity index is 1.69. The van der Waals surface area contributed by atoms with Gasteiger partial charge in [0.15, 0.2) is 12.5 Å². The van der Waals surface area contributed by atoms with Crippen molar-refractivity contribution in [1.82, 2.24) is 4.90 Å². The molecule has 1 heterocycles. The molecule has 1 aliphatic rings. The van der Waals surface area contributed by atoms with Crippen LogP contribution in [0.5, 0.6) is 0 Å². The van der Waals surface area contributed by atoms with Crippen LogP contribution in [0.4, 0.5) is 13.2 Å². The number of nitrogens with zero attached hydrogens (tertiary/aromatic N) is 1. The van der Waals surface area contributed by atoms with Gasteiger partial charge in [-0.2, -0.15) is 0 Å². The van der Waals surface area contributed by atoms with Crippen molar-refractivity contribution < 1.29 is 27.5 Å². The Kier molecular flexibility index (Phi) is 6.37. The van der Waals surface area contributed by atoms with E-state index in [9.17, 15) is 22.8 Å². The first-order valence-corrected chi connectivity index (χ1v) is 10.1. The lowest BCUT2D eigenvalue weighted by Crippen LogP contribution is -2.39. The Labute approximate surface area is 183 Å². The molecule has 0 radical (unpaired) electrons. The van der Waals surface area contributed by atoms with E-state index in [4.69, 9.17) is 4.74 Å². The van der Waals surface area contributed by atoms with E-state index in [0.717, 1.165) is 23.8 Å². The lowest BCUT2D eigenvalue weighted by molar-refractivity contribution is -0.142. The molecule has 0 N–H and O–H groups in total. The van der Waals surface area contributed by atoms with Crippen molar-refractivity contribution >= 4 is 12.2 Å². The lowest BCUT2D eigenvalue weighted by atomic mass is 9.87. The Bertz CT molecular complexity index is 1080. The molecule has 3 aromatic carbocycles. The van der Waals surface area contributed by atoms with Gasteiger partial charge in [0.2, 0.25) is 5.91 Å². The topological polar surface area (TPSA) is 46.6 Å². The van der Waals surface area contributed by atoms with Crippen molar-refractivity contribution in [2.45, 2.75) is 24.6 Å². The summed E-state index contributed by atoms with van der Waals surface area (Å²) in [7, 11) is 0. The minimum atomic E-state index is -1.06. The monoisotopic (exact) mass is 439 g/mol. The van der Waals surface area contributed by atoms with Crippen LogP contribution in [0.15, 0.2) is 72.8 Å². The van der Waals surface area contributed by atoms with Crippen molar-refractivity contribution in [3.8, 4) is 0 Å². The summed E-state index contributed by atoms with van der Waals surface area (Å²) in [4.78, 5) is 26.4. The molecule has 7 heteroatoms. The van der Waals surface area contributed by atoms with Crippen LogP contribution < -0.4 is 0 Å². The fourth-order valence-electron chi connectivity index (χ4n) is 4.06. The highest BCUT2D eigenvalue weighted by Gasteiger charge is 2.39. The van der Waals surface area contributed by atoms with E-state index < -0.39 is 41.5 Å². The predicted molar refractivity (Wildman–Crippen MR) is 111 cm³/mol. The molecule has 0 aliphatic carbocycles. The first-order chi connectivity index (χ1) is 15.5. The average Bonchev–Trinajstić information content (AvgIpc) is 3.22. The molecule has 32 heavy (non-hydrogen) atoms. The van der Waals surface area contributed by atoms with Crippen LogP contribution in [0.3, 0.4) is 0 Å².